The zero-order chi connectivity index (χ0) is 16.9. The van der Waals surface area contributed by atoms with E-state index in [2.05, 4.69) is 15.0 Å². The van der Waals surface area contributed by atoms with Crippen molar-refractivity contribution in [3.63, 3.8) is 0 Å². The third-order valence-corrected chi connectivity index (χ3v) is 3.63. The number of hydrogen-bond acceptors (Lipinski definition) is 10. The highest BCUT2D eigenvalue weighted by Gasteiger charge is 2.66. The summed E-state index contributed by atoms with van der Waals surface area (Å²) in [4.78, 5) is 32.0. The van der Waals surface area contributed by atoms with Crippen LogP contribution >= 0.6 is 0 Å². The fourth-order valence-corrected chi connectivity index (χ4v) is 2.53. The first-order valence-corrected chi connectivity index (χ1v) is 6.35. The number of anilines is 1. The smallest absolute Gasteiger partial charge is 0.412 e. The number of hydrogen-bond donors (Lipinski definition) is 5. The number of ether oxygens (including phenoxy) is 1. The van der Waals surface area contributed by atoms with Gasteiger partial charge in [-0.1, -0.05) is 0 Å². The van der Waals surface area contributed by atoms with Gasteiger partial charge in [0.2, 0.25) is 12.1 Å². The maximum absolute atomic E-state index is 11.8. The first-order chi connectivity index (χ1) is 10.8. The number of aromatic nitrogens is 4. The maximum atomic E-state index is 11.8. The lowest BCUT2D eigenvalue weighted by Crippen LogP contribution is -2.51. The summed E-state index contributed by atoms with van der Waals surface area (Å²) in [5.41, 5.74) is 4.10. The second-order valence-electron chi connectivity index (χ2n) is 4.93. The summed E-state index contributed by atoms with van der Waals surface area (Å²) in [6.45, 7) is -0.767. The van der Waals surface area contributed by atoms with Crippen LogP contribution < -0.4 is 11.3 Å². The molecule has 1 aliphatic heterocycles. The van der Waals surface area contributed by atoms with Gasteiger partial charge >= 0.3 is 5.85 Å². The molecule has 0 saturated carbocycles. The van der Waals surface area contributed by atoms with Crippen LogP contribution in [0, 0.1) is 10.1 Å². The molecule has 132 valence electrons. The molecule has 2 aromatic heterocycles. The van der Waals surface area contributed by atoms with Crippen molar-refractivity contribution in [1.29, 1.82) is 0 Å². The lowest BCUT2D eigenvalue weighted by molar-refractivity contribution is -0.671. The Labute approximate surface area is 131 Å². The lowest BCUT2D eigenvalue weighted by atomic mass is 10.1. The molecule has 1 aliphatic rings. The molecule has 0 spiro atoms. The molecule has 14 heteroatoms. The van der Waals surface area contributed by atoms with E-state index in [-0.39, 0.29) is 22.6 Å². The van der Waals surface area contributed by atoms with Crippen LogP contribution in [-0.2, 0) is 10.6 Å². The van der Waals surface area contributed by atoms with Gasteiger partial charge in [-0.05, 0) is 0 Å². The van der Waals surface area contributed by atoms with Crippen molar-refractivity contribution in [2.24, 2.45) is 0 Å². The average Bonchev–Trinajstić information content (AvgIpc) is 3.01. The van der Waals surface area contributed by atoms with Crippen molar-refractivity contribution in [3.8, 4) is 0 Å². The molecular weight excluding hydrogens is 332 g/mol. The molecule has 2 aromatic rings. The largest absolute Gasteiger partial charge is 0.445 e. The molecule has 3 heterocycles. The van der Waals surface area contributed by atoms with Gasteiger partial charge in [-0.25, -0.2) is 9.55 Å². The minimum Gasteiger partial charge on any atom is -0.412 e. The van der Waals surface area contributed by atoms with Gasteiger partial charge in [-0.15, -0.1) is 0 Å². The van der Waals surface area contributed by atoms with Crippen molar-refractivity contribution in [3.05, 3.63) is 26.8 Å². The molecule has 0 radical (unpaired) electrons. The first kappa shape index (κ1) is 17.7. The van der Waals surface area contributed by atoms with Gasteiger partial charge in [-0.2, -0.15) is 4.98 Å². The number of aliphatic hydroxyl groups is 3. The molecule has 0 bridgehead atoms. The van der Waals surface area contributed by atoms with Gasteiger partial charge in [-0.3, -0.25) is 24.6 Å². The van der Waals surface area contributed by atoms with Gasteiger partial charge in [0.15, 0.2) is 11.2 Å². The standard InChI is InChI=1S/C10H12N6O7.H2O/c11-9-13-7-4(8(20)14-9)12-2-15(7)10(16(21)22)6(19)5(18)3(1-17)23-10;/h2-3,5-6,17-19H,1H2,(H3,11,13,14,20);1H2/t3-,5-,6-,10-;/m1./s1. The van der Waals surface area contributed by atoms with Crippen molar-refractivity contribution in [1.82, 2.24) is 19.5 Å². The molecule has 4 atom stereocenters. The predicted octanol–water partition coefficient (Wildman–Crippen LogP) is -4.12. The van der Waals surface area contributed by atoms with Crippen molar-refractivity contribution >= 4 is 17.1 Å². The van der Waals surface area contributed by atoms with E-state index in [4.69, 9.17) is 15.6 Å². The summed E-state index contributed by atoms with van der Waals surface area (Å²) >= 11 is 0. The Hall–Kier alpha value is -2.65. The van der Waals surface area contributed by atoms with E-state index >= 15 is 0 Å². The third kappa shape index (κ3) is 2.13. The summed E-state index contributed by atoms with van der Waals surface area (Å²) in [7, 11) is 0. The van der Waals surface area contributed by atoms with E-state index in [0.717, 1.165) is 6.33 Å². The van der Waals surface area contributed by atoms with Gasteiger partial charge in [0.05, 0.1) is 11.5 Å². The summed E-state index contributed by atoms with van der Waals surface area (Å²) < 4.78 is 5.79. The lowest BCUT2D eigenvalue weighted by Gasteiger charge is -2.23. The Morgan fingerprint density at radius 2 is 2.21 bits per heavy atom. The second kappa shape index (κ2) is 5.77. The van der Waals surface area contributed by atoms with Crippen LogP contribution in [0.4, 0.5) is 5.95 Å². The predicted molar refractivity (Wildman–Crippen MR) is 75.1 cm³/mol. The molecule has 0 aromatic carbocycles. The summed E-state index contributed by atoms with van der Waals surface area (Å²) in [5, 5.41) is 40.7. The van der Waals surface area contributed by atoms with Gasteiger partial charge in [0.25, 0.3) is 5.56 Å². The molecule has 1 fully saturated rings. The van der Waals surface area contributed by atoms with Gasteiger partial charge in [0.1, 0.15) is 18.5 Å². The van der Waals surface area contributed by atoms with Crippen molar-refractivity contribution in [2.75, 3.05) is 12.3 Å². The summed E-state index contributed by atoms with van der Waals surface area (Å²) in [6.07, 6.45) is -4.33. The van der Waals surface area contributed by atoms with E-state index in [9.17, 15) is 25.1 Å². The van der Waals surface area contributed by atoms with Gasteiger partial charge in [0, 0.05) is 0 Å². The molecule has 3 rings (SSSR count). The quantitative estimate of drug-likeness (QED) is 0.266. The monoisotopic (exact) mass is 346 g/mol. The van der Waals surface area contributed by atoms with Crippen LogP contribution in [-0.4, -0.2) is 70.2 Å². The molecule has 0 unspecified atom stereocenters. The number of aromatic amines is 1. The number of nitrogens with zero attached hydrogens (tertiary/aromatic N) is 4. The Bertz CT molecular complexity index is 834. The number of nitrogen functional groups attached to an aromatic ring is 1. The minimum atomic E-state index is -2.71. The van der Waals surface area contributed by atoms with Crippen molar-refractivity contribution in [2.45, 2.75) is 24.2 Å². The normalized spacial score (nSPS) is 29.5. The first-order valence-electron chi connectivity index (χ1n) is 6.35. The van der Waals surface area contributed by atoms with Crippen LogP contribution in [0.15, 0.2) is 11.1 Å². The number of rotatable bonds is 3. The molecule has 24 heavy (non-hydrogen) atoms. The van der Waals surface area contributed by atoms with E-state index in [1.807, 2.05) is 0 Å². The zero-order valence-electron chi connectivity index (χ0n) is 11.9. The highest BCUT2D eigenvalue weighted by molar-refractivity contribution is 5.70. The van der Waals surface area contributed by atoms with E-state index in [1.165, 1.54) is 0 Å². The fourth-order valence-electron chi connectivity index (χ4n) is 2.53. The number of H-pyrrole nitrogens is 1. The molecule has 8 N–H and O–H groups in total. The third-order valence-electron chi connectivity index (χ3n) is 3.63. The maximum Gasteiger partial charge on any atom is 0.445 e. The molecule has 1 saturated heterocycles. The van der Waals surface area contributed by atoms with E-state index in [1.54, 1.807) is 0 Å². The number of nitrogens with two attached hydrogens (primary N) is 1. The number of fused-ring (bicyclic) bond motifs is 1. The molecular formula is C10H14N6O8. The van der Waals surface area contributed by atoms with Crippen LogP contribution in [0.5, 0.6) is 0 Å². The number of aliphatic hydroxyl groups excluding tert-OH is 3. The highest BCUT2D eigenvalue weighted by atomic mass is 16.7. The van der Waals surface area contributed by atoms with E-state index < -0.39 is 41.3 Å². The Balaban J connectivity index is 0.00000208. The highest BCUT2D eigenvalue weighted by Crippen LogP contribution is 2.37. The average molecular weight is 346 g/mol. The Morgan fingerprint density at radius 1 is 1.54 bits per heavy atom. The SMILES string of the molecule is Nc1nc2c(ncn2[C@]2([N+](=O)[O-])O[C@H](CO)[C@@H](O)[C@H]2O)c(=O)[nH]1.O. The van der Waals surface area contributed by atoms with Crippen LogP contribution in [0.25, 0.3) is 11.2 Å². The van der Waals surface area contributed by atoms with Crippen molar-refractivity contribution < 1.29 is 30.5 Å². The number of nitro groups is 1. The zero-order valence-corrected chi connectivity index (χ0v) is 11.9. The Morgan fingerprint density at radius 3 is 2.75 bits per heavy atom. The molecule has 14 nitrogen and oxygen atoms in total. The molecule has 0 aliphatic carbocycles. The topological polar surface area (TPSA) is 234 Å². The number of imidazole rings is 1. The second-order valence-corrected chi connectivity index (χ2v) is 4.93. The minimum absolute atomic E-state index is 0. The Kier molecular flexibility index (Phi) is 4.25. The van der Waals surface area contributed by atoms with Crippen LogP contribution in [0.1, 0.15) is 0 Å². The molecule has 0 amide bonds. The summed E-state index contributed by atoms with van der Waals surface area (Å²) in [6, 6.07) is 0. The fraction of sp³-hybridized carbons (Fsp3) is 0.500. The van der Waals surface area contributed by atoms with E-state index in [0.29, 0.717) is 4.57 Å². The summed E-state index contributed by atoms with van der Waals surface area (Å²) in [5.74, 6) is -3.04. The van der Waals surface area contributed by atoms with Gasteiger partial charge < -0.3 is 26.5 Å². The van der Waals surface area contributed by atoms with Crippen LogP contribution in [0.3, 0.4) is 0 Å². The number of nitrogens with one attached hydrogen (secondary N) is 1. The van der Waals surface area contributed by atoms with Crippen LogP contribution in [0.2, 0.25) is 0 Å².